The summed E-state index contributed by atoms with van der Waals surface area (Å²) in [6.45, 7) is 0. The second kappa shape index (κ2) is 6.93. The lowest BCUT2D eigenvalue weighted by Gasteiger charge is -2.09. The van der Waals surface area contributed by atoms with E-state index in [4.69, 9.17) is 9.47 Å². The fourth-order valence-electron chi connectivity index (χ4n) is 4.64. The highest BCUT2D eigenvalue weighted by Crippen LogP contribution is 2.45. The topological polar surface area (TPSA) is 48.7 Å². The van der Waals surface area contributed by atoms with Crippen molar-refractivity contribution in [2.45, 2.75) is 0 Å². The second-order valence-corrected chi connectivity index (χ2v) is 7.92. The molecule has 0 bridgehead atoms. The summed E-state index contributed by atoms with van der Waals surface area (Å²) in [5.41, 5.74) is 3.18. The van der Waals surface area contributed by atoms with E-state index >= 15 is 0 Å². The molecule has 7 rings (SSSR count). The van der Waals surface area contributed by atoms with E-state index < -0.39 is 0 Å². The number of aromatic nitrogens is 3. The molecule has 0 aliphatic rings. The van der Waals surface area contributed by atoms with Crippen molar-refractivity contribution in [1.82, 2.24) is 14.6 Å². The first kappa shape index (κ1) is 18.0. The molecule has 0 unspecified atom stereocenters. The zero-order chi connectivity index (χ0) is 21.8. The number of para-hydroxylation sites is 2. The van der Waals surface area contributed by atoms with Crippen LogP contribution in [-0.2, 0) is 0 Å². The number of benzene rings is 3. The summed E-state index contributed by atoms with van der Waals surface area (Å²) in [5.74, 6) is 2.33. The van der Waals surface area contributed by atoms with Crippen LogP contribution >= 0.6 is 0 Å². The van der Waals surface area contributed by atoms with Gasteiger partial charge in [-0.15, -0.1) is 10.2 Å². The molecule has 0 fully saturated rings. The van der Waals surface area contributed by atoms with Crippen LogP contribution in [0.15, 0.2) is 103 Å². The molecule has 0 spiro atoms. The summed E-state index contributed by atoms with van der Waals surface area (Å²) in [5, 5.41) is 13.0. The van der Waals surface area contributed by atoms with Crippen molar-refractivity contribution in [3.05, 3.63) is 103 Å². The minimum Gasteiger partial charge on any atom is -0.437 e. The van der Waals surface area contributed by atoms with Gasteiger partial charge in [0.2, 0.25) is 11.8 Å². The first-order valence-corrected chi connectivity index (χ1v) is 10.8. The first-order valence-electron chi connectivity index (χ1n) is 10.8. The average molecular weight is 427 g/mol. The average Bonchev–Trinajstić information content (AvgIpc) is 3.40. The van der Waals surface area contributed by atoms with Crippen molar-refractivity contribution in [2.75, 3.05) is 0 Å². The Hall–Kier alpha value is -4.64. The molecular weight excluding hydrogens is 410 g/mol. The highest BCUT2D eigenvalue weighted by atomic mass is 16.5. The van der Waals surface area contributed by atoms with E-state index in [1.165, 1.54) is 5.39 Å². The van der Waals surface area contributed by atoms with Crippen LogP contribution in [0.5, 0.6) is 23.3 Å². The summed E-state index contributed by atoms with van der Waals surface area (Å²) in [6.07, 6.45) is 0. The minimum atomic E-state index is 0.455. The number of fused-ring (bicyclic) bond motifs is 6. The van der Waals surface area contributed by atoms with E-state index in [2.05, 4.69) is 57.1 Å². The minimum absolute atomic E-state index is 0.455. The van der Waals surface area contributed by atoms with Gasteiger partial charge in [0.05, 0.1) is 27.3 Å². The molecule has 33 heavy (non-hydrogen) atoms. The monoisotopic (exact) mass is 427 g/mol. The SMILES string of the molecule is c1ccc(Oc2nnc(Oc3ccccc3)c3c2c2cccc4c5ccccc5c3n42)cc1. The molecular formula is C28H17N3O2. The lowest BCUT2D eigenvalue weighted by Crippen LogP contribution is -1.95. The Kier molecular flexibility index (Phi) is 3.78. The fraction of sp³-hybridized carbons (Fsp3) is 0. The number of pyridine rings is 1. The summed E-state index contributed by atoms with van der Waals surface area (Å²) < 4.78 is 14.8. The van der Waals surface area contributed by atoms with Crippen molar-refractivity contribution in [2.24, 2.45) is 0 Å². The van der Waals surface area contributed by atoms with Gasteiger partial charge in [-0.3, -0.25) is 0 Å². The van der Waals surface area contributed by atoms with E-state index in [-0.39, 0.29) is 0 Å². The highest BCUT2D eigenvalue weighted by Gasteiger charge is 2.25. The number of ether oxygens (including phenoxy) is 2. The van der Waals surface area contributed by atoms with Gasteiger partial charge < -0.3 is 13.9 Å². The molecule has 0 aliphatic carbocycles. The van der Waals surface area contributed by atoms with E-state index in [1.54, 1.807) is 0 Å². The molecule has 0 radical (unpaired) electrons. The van der Waals surface area contributed by atoms with Gasteiger partial charge >= 0.3 is 0 Å². The molecule has 156 valence electrons. The van der Waals surface area contributed by atoms with E-state index in [9.17, 15) is 0 Å². The highest BCUT2D eigenvalue weighted by molar-refractivity contribution is 6.25. The van der Waals surface area contributed by atoms with Gasteiger partial charge in [-0.05, 0) is 36.4 Å². The Bertz CT molecular complexity index is 1760. The van der Waals surface area contributed by atoms with Crippen molar-refractivity contribution in [3.63, 3.8) is 0 Å². The molecule has 0 saturated carbocycles. The number of nitrogens with zero attached hydrogens (tertiary/aromatic N) is 3. The van der Waals surface area contributed by atoms with Crippen LogP contribution in [0, 0.1) is 0 Å². The zero-order valence-corrected chi connectivity index (χ0v) is 17.5. The summed E-state index contributed by atoms with van der Waals surface area (Å²) in [4.78, 5) is 0. The third kappa shape index (κ3) is 2.66. The molecule has 4 aromatic heterocycles. The second-order valence-electron chi connectivity index (χ2n) is 7.92. The van der Waals surface area contributed by atoms with E-state index in [1.807, 2.05) is 60.7 Å². The van der Waals surface area contributed by atoms with Crippen LogP contribution in [0.1, 0.15) is 0 Å². The lowest BCUT2D eigenvalue weighted by atomic mass is 10.1. The predicted octanol–water partition coefficient (Wildman–Crippen LogP) is 7.21. The van der Waals surface area contributed by atoms with Crippen molar-refractivity contribution < 1.29 is 9.47 Å². The molecule has 5 heteroatoms. The van der Waals surface area contributed by atoms with Gasteiger partial charge in [-0.1, -0.05) is 66.7 Å². The summed E-state index contributed by atoms with van der Waals surface area (Å²) in [7, 11) is 0. The Balaban J connectivity index is 1.60. The maximum Gasteiger partial charge on any atom is 0.249 e. The molecule has 5 nitrogen and oxygen atoms in total. The van der Waals surface area contributed by atoms with Crippen LogP contribution in [0.25, 0.3) is 38.1 Å². The van der Waals surface area contributed by atoms with Gasteiger partial charge in [0.1, 0.15) is 11.5 Å². The van der Waals surface area contributed by atoms with E-state index in [0.717, 1.165) is 32.7 Å². The van der Waals surface area contributed by atoms with Gasteiger partial charge in [0.15, 0.2) is 0 Å². The normalized spacial score (nSPS) is 11.6. The number of rotatable bonds is 4. The Morgan fingerprint density at radius 1 is 0.485 bits per heavy atom. The van der Waals surface area contributed by atoms with Crippen molar-refractivity contribution in [3.8, 4) is 23.3 Å². The smallest absolute Gasteiger partial charge is 0.249 e. The van der Waals surface area contributed by atoms with Crippen molar-refractivity contribution >= 4 is 38.1 Å². The quantitative estimate of drug-likeness (QED) is 0.298. The number of hydrogen-bond acceptors (Lipinski definition) is 4. The maximum absolute atomic E-state index is 6.26. The summed E-state index contributed by atoms with van der Waals surface area (Å²) in [6, 6.07) is 34.0. The van der Waals surface area contributed by atoms with Gasteiger partial charge in [0, 0.05) is 10.8 Å². The third-order valence-corrected chi connectivity index (χ3v) is 5.99. The van der Waals surface area contributed by atoms with Crippen molar-refractivity contribution in [1.29, 1.82) is 0 Å². The Morgan fingerprint density at radius 3 is 1.70 bits per heavy atom. The van der Waals surface area contributed by atoms with Gasteiger partial charge in [0.25, 0.3) is 0 Å². The standard InChI is InChI=1S/C28H17N3O2/c1-3-10-18(11-4-1)32-27-24-23-17-9-16-22-20-14-7-8-15-21(20)26(31(22)23)25(24)28(30-29-27)33-19-12-5-2-6-13-19/h1-17H. The largest absolute Gasteiger partial charge is 0.437 e. The molecule has 0 N–H and O–H groups in total. The Labute approximate surface area is 188 Å². The van der Waals surface area contributed by atoms with Crippen LogP contribution in [-0.4, -0.2) is 14.6 Å². The molecule has 0 saturated heterocycles. The van der Waals surface area contributed by atoms with E-state index in [0.29, 0.717) is 23.3 Å². The van der Waals surface area contributed by atoms with Crippen LogP contribution in [0.4, 0.5) is 0 Å². The van der Waals surface area contributed by atoms with Gasteiger partial charge in [-0.25, -0.2) is 0 Å². The molecule has 0 aliphatic heterocycles. The van der Waals surface area contributed by atoms with Crippen LogP contribution < -0.4 is 9.47 Å². The maximum atomic E-state index is 6.26. The number of hydrogen-bond donors (Lipinski definition) is 0. The molecule has 7 aromatic rings. The first-order chi connectivity index (χ1) is 16.4. The zero-order valence-electron chi connectivity index (χ0n) is 17.5. The predicted molar refractivity (Wildman–Crippen MR) is 130 cm³/mol. The lowest BCUT2D eigenvalue weighted by molar-refractivity contribution is 0.437. The van der Waals surface area contributed by atoms with Gasteiger partial charge in [-0.2, -0.15) is 0 Å². The summed E-state index contributed by atoms with van der Waals surface area (Å²) >= 11 is 0. The fourth-order valence-corrected chi connectivity index (χ4v) is 4.64. The van der Waals surface area contributed by atoms with Crippen LogP contribution in [0.2, 0.25) is 0 Å². The molecule has 0 amide bonds. The Morgan fingerprint density at radius 2 is 1.03 bits per heavy atom. The molecule has 0 atom stereocenters. The third-order valence-electron chi connectivity index (χ3n) is 5.99. The molecule has 4 heterocycles. The van der Waals surface area contributed by atoms with Crippen LogP contribution in [0.3, 0.4) is 0 Å². The molecule has 3 aromatic carbocycles.